The summed E-state index contributed by atoms with van der Waals surface area (Å²) in [5.41, 5.74) is -3.32. The zero-order valence-corrected chi connectivity index (χ0v) is 12.4. The highest BCUT2D eigenvalue weighted by atomic mass is 79.9. The van der Waals surface area contributed by atoms with E-state index in [0.29, 0.717) is 5.56 Å². The van der Waals surface area contributed by atoms with Crippen LogP contribution < -0.4 is 5.32 Å². The molecule has 9 heteroatoms. The van der Waals surface area contributed by atoms with Crippen molar-refractivity contribution in [2.75, 3.05) is 5.32 Å². The molecule has 0 fully saturated rings. The second kappa shape index (κ2) is 4.82. The maximum absolute atomic E-state index is 13.3. The van der Waals surface area contributed by atoms with Gasteiger partial charge in [-0.15, -0.1) is 0 Å². The number of aromatic nitrogens is 2. The number of H-pyrrole nitrogens is 1. The van der Waals surface area contributed by atoms with Gasteiger partial charge in [0.05, 0.1) is 17.7 Å². The van der Waals surface area contributed by atoms with Crippen LogP contribution in [0.2, 0.25) is 0 Å². The molecule has 2 heterocycles. The second-order valence-electron chi connectivity index (χ2n) is 4.91. The predicted octanol–water partition coefficient (Wildman–Crippen LogP) is 2.93. The Morgan fingerprint density at radius 3 is 2.50 bits per heavy atom. The molecule has 116 valence electrons. The maximum atomic E-state index is 13.3. The smallest absolute Gasteiger partial charge is 0.376 e. The minimum atomic E-state index is -5.01. The number of aromatic amines is 1. The molecule has 0 spiro atoms. The molecule has 1 amide bonds. The average Bonchev–Trinajstić information content (AvgIpc) is 2.82. The molecule has 0 bridgehead atoms. The third-order valence-corrected chi connectivity index (χ3v) is 3.98. The molecule has 1 unspecified atom stereocenters. The van der Waals surface area contributed by atoms with E-state index in [1.54, 1.807) is 24.3 Å². The molecule has 1 atom stereocenters. The van der Waals surface area contributed by atoms with E-state index in [0.717, 1.165) is 4.47 Å². The first kappa shape index (κ1) is 15.0. The van der Waals surface area contributed by atoms with E-state index in [2.05, 4.69) is 31.4 Å². The van der Waals surface area contributed by atoms with Gasteiger partial charge in [0.25, 0.3) is 0 Å². The highest BCUT2D eigenvalue weighted by Crippen LogP contribution is 2.49. The largest absolute Gasteiger partial charge is 0.422 e. The number of hydrogen-bond donors (Lipinski definition) is 3. The molecule has 3 rings (SSSR count). The Morgan fingerprint density at radius 1 is 1.27 bits per heavy atom. The molecule has 2 aromatic rings. The third-order valence-electron chi connectivity index (χ3n) is 3.46. The maximum Gasteiger partial charge on any atom is 0.422 e. The lowest BCUT2D eigenvalue weighted by Crippen LogP contribution is -2.48. The Bertz CT molecular complexity index is 742. The number of amides is 1. The van der Waals surface area contributed by atoms with Gasteiger partial charge in [-0.25, -0.2) is 0 Å². The Balaban J connectivity index is 2.22. The number of alkyl halides is 3. The number of benzene rings is 1. The monoisotopic (exact) mass is 375 g/mol. The SMILES string of the molecule is O=C1CC(O)(C(F)(F)F)c2c(n[nH]c2-c2ccc(Br)cc2)N1. The van der Waals surface area contributed by atoms with Gasteiger partial charge in [0.2, 0.25) is 5.91 Å². The standard InChI is InChI=1S/C13H9BrF3N3O2/c14-7-3-1-6(2-4-7)10-9-11(20-19-10)18-8(21)5-12(9,22)13(15,16)17/h1-4,22H,5H2,(H2,18,19,20,21). The van der Waals surface area contributed by atoms with Crippen LogP contribution in [0.3, 0.4) is 0 Å². The lowest BCUT2D eigenvalue weighted by atomic mass is 9.85. The molecule has 0 aliphatic carbocycles. The molecule has 0 saturated heterocycles. The van der Waals surface area contributed by atoms with Crippen molar-refractivity contribution in [3.63, 3.8) is 0 Å². The summed E-state index contributed by atoms with van der Waals surface area (Å²) in [6.45, 7) is 0. The summed E-state index contributed by atoms with van der Waals surface area (Å²) in [4.78, 5) is 11.4. The fraction of sp³-hybridized carbons (Fsp3) is 0.231. The number of hydrogen-bond acceptors (Lipinski definition) is 3. The lowest BCUT2D eigenvalue weighted by Gasteiger charge is -2.33. The van der Waals surface area contributed by atoms with Crippen LogP contribution in [0.5, 0.6) is 0 Å². The highest BCUT2D eigenvalue weighted by Gasteiger charge is 2.60. The van der Waals surface area contributed by atoms with E-state index in [9.17, 15) is 23.1 Å². The van der Waals surface area contributed by atoms with Crippen molar-refractivity contribution in [2.45, 2.75) is 18.2 Å². The molecular weight excluding hydrogens is 367 g/mol. The number of carbonyl (C=O) groups excluding carboxylic acids is 1. The van der Waals surface area contributed by atoms with E-state index in [1.807, 2.05) is 0 Å². The van der Waals surface area contributed by atoms with Gasteiger partial charge in [0, 0.05) is 10.0 Å². The minimum absolute atomic E-state index is 0.0160. The summed E-state index contributed by atoms with van der Waals surface area (Å²) in [5.74, 6) is -1.25. The number of nitrogens with one attached hydrogen (secondary N) is 2. The number of nitrogens with zero attached hydrogens (tertiary/aromatic N) is 1. The van der Waals surface area contributed by atoms with Crippen LogP contribution in [-0.4, -0.2) is 27.4 Å². The zero-order valence-electron chi connectivity index (χ0n) is 10.8. The van der Waals surface area contributed by atoms with Crippen LogP contribution in [0, 0.1) is 0 Å². The van der Waals surface area contributed by atoms with Crippen molar-refractivity contribution < 1.29 is 23.1 Å². The Kier molecular flexibility index (Phi) is 3.29. The molecule has 0 saturated carbocycles. The summed E-state index contributed by atoms with van der Waals surface area (Å²) in [7, 11) is 0. The van der Waals surface area contributed by atoms with Crippen LogP contribution in [0.15, 0.2) is 28.7 Å². The summed E-state index contributed by atoms with van der Waals surface area (Å²) in [6, 6.07) is 6.45. The first-order valence-corrected chi connectivity index (χ1v) is 6.95. The van der Waals surface area contributed by atoms with E-state index in [4.69, 9.17) is 0 Å². The van der Waals surface area contributed by atoms with E-state index < -0.39 is 29.7 Å². The third kappa shape index (κ3) is 2.20. The molecule has 22 heavy (non-hydrogen) atoms. The summed E-state index contributed by atoms with van der Waals surface area (Å²) in [6.07, 6.45) is -6.11. The van der Waals surface area contributed by atoms with Gasteiger partial charge in [-0.3, -0.25) is 9.89 Å². The molecule has 1 aliphatic rings. The van der Waals surface area contributed by atoms with Crippen molar-refractivity contribution in [3.05, 3.63) is 34.3 Å². The molecule has 3 N–H and O–H groups in total. The quantitative estimate of drug-likeness (QED) is 0.716. The Morgan fingerprint density at radius 2 is 1.91 bits per heavy atom. The van der Waals surface area contributed by atoms with Gasteiger partial charge in [-0.2, -0.15) is 18.3 Å². The fourth-order valence-electron chi connectivity index (χ4n) is 2.40. The van der Waals surface area contributed by atoms with E-state index in [-0.39, 0.29) is 11.5 Å². The number of halogens is 4. The molecule has 5 nitrogen and oxygen atoms in total. The molecule has 1 aromatic carbocycles. The van der Waals surface area contributed by atoms with Crippen LogP contribution in [0.4, 0.5) is 19.0 Å². The molecule has 0 radical (unpaired) electrons. The molecule has 1 aromatic heterocycles. The normalized spacial score (nSPS) is 21.4. The zero-order chi connectivity index (χ0) is 16.1. The van der Waals surface area contributed by atoms with E-state index >= 15 is 0 Å². The lowest BCUT2D eigenvalue weighted by molar-refractivity contribution is -0.267. The minimum Gasteiger partial charge on any atom is -0.376 e. The van der Waals surface area contributed by atoms with Gasteiger partial charge in [-0.05, 0) is 12.1 Å². The van der Waals surface area contributed by atoms with E-state index in [1.165, 1.54) is 0 Å². The fourth-order valence-corrected chi connectivity index (χ4v) is 2.66. The average molecular weight is 376 g/mol. The van der Waals surface area contributed by atoms with Gasteiger partial charge >= 0.3 is 6.18 Å². The number of fused-ring (bicyclic) bond motifs is 1. The van der Waals surface area contributed by atoms with Crippen LogP contribution in [0.25, 0.3) is 11.3 Å². The highest BCUT2D eigenvalue weighted by molar-refractivity contribution is 9.10. The number of anilines is 1. The number of aliphatic hydroxyl groups is 1. The molecular formula is C13H9BrF3N3O2. The van der Waals surface area contributed by atoms with Crippen molar-refractivity contribution >= 4 is 27.7 Å². The summed E-state index contributed by atoms with van der Waals surface area (Å²) < 4.78 is 40.8. The Hall–Kier alpha value is -1.87. The van der Waals surface area contributed by atoms with Crippen molar-refractivity contribution in [2.24, 2.45) is 0 Å². The van der Waals surface area contributed by atoms with Crippen molar-refractivity contribution in [1.29, 1.82) is 0 Å². The topological polar surface area (TPSA) is 78.0 Å². The van der Waals surface area contributed by atoms with Crippen LogP contribution in [-0.2, 0) is 10.4 Å². The number of carbonyl (C=O) groups is 1. The number of rotatable bonds is 1. The van der Waals surface area contributed by atoms with Crippen LogP contribution >= 0.6 is 15.9 Å². The predicted molar refractivity (Wildman–Crippen MR) is 74.9 cm³/mol. The van der Waals surface area contributed by atoms with Crippen LogP contribution in [0.1, 0.15) is 12.0 Å². The van der Waals surface area contributed by atoms with Crippen molar-refractivity contribution in [1.82, 2.24) is 10.2 Å². The first-order valence-electron chi connectivity index (χ1n) is 6.16. The first-order chi connectivity index (χ1) is 10.2. The molecule has 1 aliphatic heterocycles. The summed E-state index contributed by atoms with van der Waals surface area (Å²) in [5, 5.41) is 18.5. The van der Waals surface area contributed by atoms with Crippen molar-refractivity contribution in [3.8, 4) is 11.3 Å². The Labute approximate surface area is 130 Å². The van der Waals surface area contributed by atoms with Gasteiger partial charge < -0.3 is 10.4 Å². The summed E-state index contributed by atoms with van der Waals surface area (Å²) >= 11 is 3.23. The van der Waals surface area contributed by atoms with Gasteiger partial charge in [0.15, 0.2) is 11.4 Å². The second-order valence-corrected chi connectivity index (χ2v) is 5.83. The van der Waals surface area contributed by atoms with Gasteiger partial charge in [0.1, 0.15) is 0 Å². The van der Waals surface area contributed by atoms with Gasteiger partial charge in [-0.1, -0.05) is 28.1 Å².